The topological polar surface area (TPSA) is 46.4 Å². The smallest absolute Gasteiger partial charge is 0.262 e. The Hall–Kier alpha value is -2.40. The SMILES string of the molecule is O=C(Nc1ncc2ccccn12)c1c(F)cccc1Cl. The second kappa shape index (κ2) is 4.94. The Morgan fingerprint density at radius 3 is 2.90 bits per heavy atom. The van der Waals surface area contributed by atoms with Gasteiger partial charge >= 0.3 is 0 Å². The normalized spacial score (nSPS) is 10.7. The summed E-state index contributed by atoms with van der Waals surface area (Å²) in [6, 6.07) is 9.60. The molecular formula is C14H9ClFN3O. The molecule has 4 nitrogen and oxygen atoms in total. The van der Waals surface area contributed by atoms with Crippen LogP contribution in [0.1, 0.15) is 10.4 Å². The average molecular weight is 290 g/mol. The summed E-state index contributed by atoms with van der Waals surface area (Å²) in [4.78, 5) is 16.2. The standard InChI is InChI=1S/C14H9ClFN3O/c15-10-5-3-6-11(16)12(10)13(20)18-14-17-8-9-4-1-2-7-19(9)14/h1-8H,(H,17,18,20). The molecule has 0 aliphatic heterocycles. The number of nitrogens with one attached hydrogen (secondary N) is 1. The summed E-state index contributed by atoms with van der Waals surface area (Å²) in [7, 11) is 0. The summed E-state index contributed by atoms with van der Waals surface area (Å²) in [5, 5.41) is 2.61. The monoisotopic (exact) mass is 289 g/mol. The number of carbonyl (C=O) groups excluding carboxylic acids is 1. The van der Waals surface area contributed by atoms with E-state index in [1.807, 2.05) is 12.1 Å². The molecular weight excluding hydrogens is 281 g/mol. The molecule has 0 aliphatic carbocycles. The number of hydrogen-bond acceptors (Lipinski definition) is 2. The number of aromatic nitrogens is 2. The fourth-order valence-electron chi connectivity index (χ4n) is 1.92. The number of benzene rings is 1. The molecule has 0 fully saturated rings. The van der Waals surface area contributed by atoms with Crippen molar-refractivity contribution in [3.05, 3.63) is 65.2 Å². The lowest BCUT2D eigenvalue weighted by molar-refractivity contribution is 0.102. The molecule has 3 rings (SSSR count). The quantitative estimate of drug-likeness (QED) is 0.786. The molecule has 3 aromatic rings. The Kier molecular flexibility index (Phi) is 3.12. The van der Waals surface area contributed by atoms with Gasteiger partial charge in [0.2, 0.25) is 5.95 Å². The number of imidazole rings is 1. The van der Waals surface area contributed by atoms with Gasteiger partial charge in [-0.25, -0.2) is 9.37 Å². The molecule has 20 heavy (non-hydrogen) atoms. The first-order chi connectivity index (χ1) is 9.66. The fourth-order valence-corrected chi connectivity index (χ4v) is 2.16. The highest BCUT2D eigenvalue weighted by molar-refractivity contribution is 6.34. The number of carbonyl (C=O) groups is 1. The van der Waals surface area contributed by atoms with E-state index in [2.05, 4.69) is 10.3 Å². The van der Waals surface area contributed by atoms with Crippen molar-refractivity contribution < 1.29 is 9.18 Å². The Labute approximate surface area is 118 Å². The van der Waals surface area contributed by atoms with Crippen LogP contribution in [-0.2, 0) is 0 Å². The molecule has 0 saturated carbocycles. The minimum atomic E-state index is -0.670. The first-order valence-electron chi connectivity index (χ1n) is 5.84. The summed E-state index contributed by atoms with van der Waals surface area (Å²) >= 11 is 5.85. The van der Waals surface area contributed by atoms with Gasteiger partial charge in [-0.3, -0.25) is 14.5 Å². The maximum atomic E-state index is 13.7. The lowest BCUT2D eigenvalue weighted by Gasteiger charge is -2.06. The highest BCUT2D eigenvalue weighted by Gasteiger charge is 2.17. The van der Waals surface area contributed by atoms with Crippen molar-refractivity contribution in [2.45, 2.75) is 0 Å². The van der Waals surface area contributed by atoms with Gasteiger partial charge in [-0.15, -0.1) is 0 Å². The third kappa shape index (κ3) is 2.12. The van der Waals surface area contributed by atoms with Crippen molar-refractivity contribution in [3.63, 3.8) is 0 Å². The predicted molar refractivity (Wildman–Crippen MR) is 74.6 cm³/mol. The molecule has 2 aromatic heterocycles. The molecule has 1 N–H and O–H groups in total. The Balaban J connectivity index is 1.97. The molecule has 0 bridgehead atoms. The van der Waals surface area contributed by atoms with Gasteiger partial charge in [0.05, 0.1) is 22.3 Å². The van der Waals surface area contributed by atoms with E-state index in [0.717, 1.165) is 5.52 Å². The number of hydrogen-bond donors (Lipinski definition) is 1. The van der Waals surface area contributed by atoms with Gasteiger partial charge in [-0.05, 0) is 24.3 Å². The van der Waals surface area contributed by atoms with Crippen LogP contribution in [0.25, 0.3) is 5.52 Å². The summed E-state index contributed by atoms with van der Waals surface area (Å²) in [6.45, 7) is 0. The zero-order valence-electron chi connectivity index (χ0n) is 10.2. The van der Waals surface area contributed by atoms with E-state index in [-0.39, 0.29) is 10.6 Å². The molecule has 0 spiro atoms. The van der Waals surface area contributed by atoms with Crippen LogP contribution in [0.15, 0.2) is 48.8 Å². The van der Waals surface area contributed by atoms with Crippen LogP contribution < -0.4 is 5.32 Å². The van der Waals surface area contributed by atoms with E-state index in [4.69, 9.17) is 11.6 Å². The second-order valence-corrected chi connectivity index (χ2v) is 4.54. The molecule has 0 aliphatic rings. The van der Waals surface area contributed by atoms with Crippen LogP contribution >= 0.6 is 11.6 Å². The Morgan fingerprint density at radius 1 is 1.25 bits per heavy atom. The van der Waals surface area contributed by atoms with Gasteiger partial charge in [-0.2, -0.15) is 0 Å². The first kappa shape index (κ1) is 12.6. The van der Waals surface area contributed by atoms with Crippen molar-refractivity contribution >= 4 is 29.0 Å². The van der Waals surface area contributed by atoms with Crippen LogP contribution in [0.2, 0.25) is 5.02 Å². The van der Waals surface area contributed by atoms with Crippen molar-refractivity contribution in [1.82, 2.24) is 9.38 Å². The second-order valence-electron chi connectivity index (χ2n) is 4.13. The molecule has 0 atom stereocenters. The molecule has 0 radical (unpaired) electrons. The third-order valence-corrected chi connectivity index (χ3v) is 3.17. The van der Waals surface area contributed by atoms with E-state index in [1.54, 1.807) is 22.9 Å². The molecule has 100 valence electrons. The zero-order valence-corrected chi connectivity index (χ0v) is 10.9. The van der Waals surface area contributed by atoms with E-state index in [0.29, 0.717) is 5.95 Å². The van der Waals surface area contributed by atoms with Gasteiger partial charge in [0.25, 0.3) is 5.91 Å². The zero-order chi connectivity index (χ0) is 14.1. The average Bonchev–Trinajstić information content (AvgIpc) is 2.82. The van der Waals surface area contributed by atoms with Crippen molar-refractivity contribution in [1.29, 1.82) is 0 Å². The minimum absolute atomic E-state index is 0.0587. The maximum Gasteiger partial charge on any atom is 0.262 e. The summed E-state index contributed by atoms with van der Waals surface area (Å²) in [6.07, 6.45) is 3.36. The molecule has 1 amide bonds. The lowest BCUT2D eigenvalue weighted by Crippen LogP contribution is -2.16. The molecule has 1 aromatic carbocycles. The molecule has 6 heteroatoms. The number of rotatable bonds is 2. The number of amides is 1. The van der Waals surface area contributed by atoms with Crippen LogP contribution in [0.5, 0.6) is 0 Å². The lowest BCUT2D eigenvalue weighted by atomic mass is 10.2. The van der Waals surface area contributed by atoms with Gasteiger partial charge < -0.3 is 0 Å². The summed E-state index contributed by atoms with van der Waals surface area (Å²) in [5.41, 5.74) is 0.629. The summed E-state index contributed by atoms with van der Waals surface area (Å²) in [5.74, 6) is -0.995. The highest BCUT2D eigenvalue weighted by Crippen LogP contribution is 2.20. The van der Waals surface area contributed by atoms with Crippen LogP contribution in [0.4, 0.5) is 10.3 Å². The van der Waals surface area contributed by atoms with Crippen molar-refractivity contribution in [2.75, 3.05) is 5.32 Å². The molecule has 2 heterocycles. The highest BCUT2D eigenvalue weighted by atomic mass is 35.5. The number of halogens is 2. The van der Waals surface area contributed by atoms with E-state index < -0.39 is 11.7 Å². The number of pyridine rings is 1. The fraction of sp³-hybridized carbons (Fsp3) is 0. The largest absolute Gasteiger partial charge is 0.291 e. The van der Waals surface area contributed by atoms with Gasteiger partial charge in [0.1, 0.15) is 5.82 Å². The van der Waals surface area contributed by atoms with Crippen LogP contribution in [0, 0.1) is 5.82 Å². The number of fused-ring (bicyclic) bond motifs is 1. The first-order valence-corrected chi connectivity index (χ1v) is 6.22. The number of nitrogens with zero attached hydrogens (tertiary/aromatic N) is 2. The van der Waals surface area contributed by atoms with Gasteiger partial charge in [0, 0.05) is 6.20 Å². The van der Waals surface area contributed by atoms with E-state index >= 15 is 0 Å². The van der Waals surface area contributed by atoms with E-state index in [9.17, 15) is 9.18 Å². The number of anilines is 1. The Morgan fingerprint density at radius 2 is 2.10 bits per heavy atom. The van der Waals surface area contributed by atoms with Gasteiger partial charge in [0.15, 0.2) is 0 Å². The van der Waals surface area contributed by atoms with Crippen LogP contribution in [-0.4, -0.2) is 15.3 Å². The van der Waals surface area contributed by atoms with Crippen LogP contribution in [0.3, 0.4) is 0 Å². The molecule has 0 saturated heterocycles. The Bertz CT molecular complexity index is 780. The summed E-state index contributed by atoms with van der Waals surface area (Å²) < 4.78 is 15.4. The minimum Gasteiger partial charge on any atom is -0.291 e. The predicted octanol–water partition coefficient (Wildman–Crippen LogP) is 3.38. The molecule has 0 unspecified atom stereocenters. The third-order valence-electron chi connectivity index (χ3n) is 2.85. The van der Waals surface area contributed by atoms with Crippen molar-refractivity contribution in [3.8, 4) is 0 Å². The van der Waals surface area contributed by atoms with E-state index in [1.165, 1.54) is 18.2 Å². The maximum absolute atomic E-state index is 13.7. The van der Waals surface area contributed by atoms with Gasteiger partial charge in [-0.1, -0.05) is 23.7 Å². The van der Waals surface area contributed by atoms with Crippen molar-refractivity contribution in [2.24, 2.45) is 0 Å².